The molecule has 0 bridgehead atoms. The molecular weight excluding hydrogens is 418 g/mol. The van der Waals surface area contributed by atoms with Crippen molar-refractivity contribution >= 4 is 37.8 Å². The summed E-state index contributed by atoms with van der Waals surface area (Å²) >= 11 is 0. The molecule has 5 nitrogen and oxygen atoms in total. The average molecular weight is 442 g/mol. The Morgan fingerprint density at radius 1 is 0.844 bits per heavy atom. The Hall–Kier alpha value is -3.64. The molecule has 4 aromatic rings. The van der Waals surface area contributed by atoms with Gasteiger partial charge in [-0.3, -0.25) is 0 Å². The molecule has 1 aliphatic heterocycles. The highest BCUT2D eigenvalue weighted by Crippen LogP contribution is 2.39. The molecular formula is C26H23N3O2S. The average Bonchev–Trinajstić information content (AvgIpc) is 3.20. The van der Waals surface area contributed by atoms with E-state index in [1.165, 1.54) is 0 Å². The number of rotatable bonds is 5. The van der Waals surface area contributed by atoms with Gasteiger partial charge in [-0.25, -0.2) is 13.4 Å². The Morgan fingerprint density at radius 3 is 2.28 bits per heavy atom. The van der Waals surface area contributed by atoms with Crippen LogP contribution in [0.25, 0.3) is 10.8 Å². The molecule has 0 amide bonds. The fourth-order valence-corrected chi connectivity index (χ4v) is 5.45. The van der Waals surface area contributed by atoms with Crippen LogP contribution in [0.1, 0.15) is 18.1 Å². The number of nitrogens with two attached hydrogens (primary N) is 1. The molecule has 160 valence electrons. The van der Waals surface area contributed by atoms with Gasteiger partial charge in [0.2, 0.25) is 9.84 Å². The third kappa shape index (κ3) is 3.33. The maximum Gasteiger partial charge on any atom is 0.206 e. The Balaban J connectivity index is 1.43. The molecule has 32 heavy (non-hydrogen) atoms. The standard InChI is InChI=1S/C26H23N3O2S/c1-2-29(26-22-10-6-9-21-23(27)15-16-24(28-26)25(21)22)17-18-11-13-20(14-12-18)32(30,31)19-7-4-3-5-8-19/h3-16H,2,17,27H2,1H3. The quantitative estimate of drug-likeness (QED) is 0.434. The minimum Gasteiger partial charge on any atom is -0.398 e. The van der Waals surface area contributed by atoms with Gasteiger partial charge in [0.05, 0.1) is 15.5 Å². The molecule has 0 fully saturated rings. The zero-order valence-corrected chi connectivity index (χ0v) is 18.5. The number of anilines is 1. The van der Waals surface area contributed by atoms with Crippen LogP contribution in [0.4, 0.5) is 11.4 Å². The molecule has 0 aliphatic carbocycles. The van der Waals surface area contributed by atoms with Crippen molar-refractivity contribution in [3.63, 3.8) is 0 Å². The lowest BCUT2D eigenvalue weighted by molar-refractivity contribution is 0.437. The largest absolute Gasteiger partial charge is 0.398 e. The van der Waals surface area contributed by atoms with Crippen LogP contribution in [0.3, 0.4) is 0 Å². The van der Waals surface area contributed by atoms with Crippen molar-refractivity contribution in [2.24, 2.45) is 4.99 Å². The Morgan fingerprint density at radius 2 is 1.56 bits per heavy atom. The van der Waals surface area contributed by atoms with Crippen LogP contribution in [-0.4, -0.2) is 25.7 Å². The van der Waals surface area contributed by atoms with Gasteiger partial charge in [-0.15, -0.1) is 0 Å². The SMILES string of the molecule is CCN(Cc1ccc(S(=O)(=O)c2ccccc2)cc1)C1=Nc2ccc(N)c3cccc1c23. The molecule has 2 N–H and O–H groups in total. The maximum absolute atomic E-state index is 12.9. The molecule has 0 saturated heterocycles. The van der Waals surface area contributed by atoms with Crippen LogP contribution in [0.15, 0.2) is 99.7 Å². The minimum atomic E-state index is -3.52. The second-order valence-electron chi connectivity index (χ2n) is 7.81. The summed E-state index contributed by atoms with van der Waals surface area (Å²) in [5.74, 6) is 0.916. The van der Waals surface area contributed by atoms with Gasteiger partial charge >= 0.3 is 0 Å². The summed E-state index contributed by atoms with van der Waals surface area (Å²) in [4.78, 5) is 7.68. The normalized spacial score (nSPS) is 12.7. The van der Waals surface area contributed by atoms with Crippen molar-refractivity contribution in [1.82, 2.24) is 4.90 Å². The van der Waals surface area contributed by atoms with E-state index < -0.39 is 9.84 Å². The number of hydrogen-bond acceptors (Lipinski definition) is 5. The summed E-state index contributed by atoms with van der Waals surface area (Å²) in [5, 5.41) is 2.11. The van der Waals surface area contributed by atoms with Crippen molar-refractivity contribution in [2.45, 2.75) is 23.3 Å². The number of benzene rings is 4. The van der Waals surface area contributed by atoms with E-state index in [9.17, 15) is 8.42 Å². The van der Waals surface area contributed by atoms with Crippen LogP contribution in [0.2, 0.25) is 0 Å². The van der Waals surface area contributed by atoms with Crippen LogP contribution < -0.4 is 5.73 Å². The third-order valence-corrected chi connectivity index (χ3v) is 7.65. The van der Waals surface area contributed by atoms with Crippen molar-refractivity contribution in [3.05, 3.63) is 96.1 Å². The molecule has 0 atom stereocenters. The minimum absolute atomic E-state index is 0.293. The van der Waals surface area contributed by atoms with Crippen molar-refractivity contribution in [1.29, 1.82) is 0 Å². The molecule has 0 unspecified atom stereocenters. The highest BCUT2D eigenvalue weighted by atomic mass is 32.2. The molecule has 1 aliphatic rings. The molecule has 0 aromatic heterocycles. The second-order valence-corrected chi connectivity index (χ2v) is 9.76. The van der Waals surface area contributed by atoms with Crippen molar-refractivity contribution in [2.75, 3.05) is 12.3 Å². The first-order valence-electron chi connectivity index (χ1n) is 10.5. The van der Waals surface area contributed by atoms with E-state index in [0.29, 0.717) is 16.3 Å². The van der Waals surface area contributed by atoms with E-state index in [-0.39, 0.29) is 0 Å². The molecule has 1 heterocycles. The number of nitrogen functional groups attached to an aromatic ring is 1. The van der Waals surface area contributed by atoms with Gasteiger partial charge in [0, 0.05) is 35.1 Å². The van der Waals surface area contributed by atoms with E-state index in [0.717, 1.165) is 45.7 Å². The summed E-state index contributed by atoms with van der Waals surface area (Å²) in [6.07, 6.45) is 0. The monoisotopic (exact) mass is 441 g/mol. The topological polar surface area (TPSA) is 75.8 Å². The fraction of sp³-hybridized carbons (Fsp3) is 0.115. The Kier molecular flexibility index (Phi) is 4.94. The van der Waals surface area contributed by atoms with E-state index >= 15 is 0 Å². The van der Waals surface area contributed by atoms with E-state index in [2.05, 4.69) is 17.9 Å². The van der Waals surface area contributed by atoms with Crippen LogP contribution in [-0.2, 0) is 16.4 Å². The molecule has 0 saturated carbocycles. The van der Waals surface area contributed by atoms with Gasteiger partial charge in [0.1, 0.15) is 5.84 Å². The van der Waals surface area contributed by atoms with Gasteiger partial charge < -0.3 is 10.6 Å². The number of amidine groups is 1. The first-order valence-corrected chi connectivity index (χ1v) is 12.0. The second kappa shape index (κ2) is 7.80. The van der Waals surface area contributed by atoms with Gasteiger partial charge in [-0.05, 0) is 48.9 Å². The van der Waals surface area contributed by atoms with Crippen molar-refractivity contribution in [3.8, 4) is 0 Å². The van der Waals surface area contributed by atoms with E-state index in [1.807, 2.05) is 36.4 Å². The molecule has 5 rings (SSSR count). The number of aliphatic imine (C=N–C) groups is 1. The predicted molar refractivity (Wildman–Crippen MR) is 129 cm³/mol. The van der Waals surface area contributed by atoms with Gasteiger partial charge in [-0.1, -0.05) is 48.5 Å². The number of nitrogens with zero attached hydrogens (tertiary/aromatic N) is 2. The predicted octanol–water partition coefficient (Wildman–Crippen LogP) is 5.17. The summed E-state index contributed by atoms with van der Waals surface area (Å²) < 4.78 is 25.7. The number of hydrogen-bond donors (Lipinski definition) is 1. The van der Waals surface area contributed by atoms with Gasteiger partial charge in [-0.2, -0.15) is 0 Å². The van der Waals surface area contributed by atoms with E-state index in [4.69, 9.17) is 10.7 Å². The van der Waals surface area contributed by atoms with Gasteiger partial charge in [0.15, 0.2) is 0 Å². The summed E-state index contributed by atoms with van der Waals surface area (Å²) in [6.45, 7) is 3.48. The maximum atomic E-state index is 12.9. The highest BCUT2D eigenvalue weighted by molar-refractivity contribution is 7.91. The van der Waals surface area contributed by atoms with Gasteiger partial charge in [0.25, 0.3) is 0 Å². The highest BCUT2D eigenvalue weighted by Gasteiger charge is 2.23. The zero-order chi connectivity index (χ0) is 22.3. The molecule has 4 aromatic carbocycles. The van der Waals surface area contributed by atoms with Crippen LogP contribution >= 0.6 is 0 Å². The van der Waals surface area contributed by atoms with Crippen LogP contribution in [0, 0.1) is 0 Å². The zero-order valence-electron chi connectivity index (χ0n) is 17.7. The van der Waals surface area contributed by atoms with Crippen LogP contribution in [0.5, 0.6) is 0 Å². The fourth-order valence-electron chi connectivity index (χ4n) is 4.17. The molecule has 0 radical (unpaired) electrons. The Labute approximate surface area is 187 Å². The third-order valence-electron chi connectivity index (χ3n) is 5.86. The summed E-state index contributed by atoms with van der Waals surface area (Å²) in [7, 11) is -3.52. The summed E-state index contributed by atoms with van der Waals surface area (Å²) in [6, 6.07) is 25.6. The summed E-state index contributed by atoms with van der Waals surface area (Å²) in [5.41, 5.74) is 9.96. The molecule has 6 heteroatoms. The Bertz CT molecular complexity index is 1440. The first-order chi connectivity index (χ1) is 15.5. The lowest BCUT2D eigenvalue weighted by atomic mass is 10.0. The first kappa shape index (κ1) is 20.3. The van der Waals surface area contributed by atoms with Crippen molar-refractivity contribution < 1.29 is 8.42 Å². The lowest BCUT2D eigenvalue weighted by Crippen LogP contribution is -2.30. The lowest BCUT2D eigenvalue weighted by Gasteiger charge is -2.23. The molecule has 0 spiro atoms. The smallest absolute Gasteiger partial charge is 0.206 e. The number of sulfone groups is 1. The van der Waals surface area contributed by atoms with E-state index in [1.54, 1.807) is 42.5 Å².